The van der Waals surface area contributed by atoms with E-state index in [-0.39, 0.29) is 0 Å². The number of rotatable bonds is 4. The molecule has 0 aromatic heterocycles. The van der Waals surface area contributed by atoms with Crippen molar-refractivity contribution < 1.29 is 10.0 Å². The first-order valence-corrected chi connectivity index (χ1v) is 3.57. The first-order chi connectivity index (χ1) is 5.22. The van der Waals surface area contributed by atoms with Crippen LogP contribution in [0.3, 0.4) is 0 Å². The lowest BCUT2D eigenvalue weighted by atomic mass is 9.79. The highest BCUT2D eigenvalue weighted by molar-refractivity contribution is 6.51. The van der Waals surface area contributed by atoms with Crippen LogP contribution in [0.1, 0.15) is 13.3 Å². The third-order valence-corrected chi connectivity index (χ3v) is 1.15. The van der Waals surface area contributed by atoms with E-state index in [0.29, 0.717) is 5.47 Å². The molecule has 0 spiro atoms. The van der Waals surface area contributed by atoms with Gasteiger partial charge in [-0.15, -0.1) is 0 Å². The summed E-state index contributed by atoms with van der Waals surface area (Å²) in [5, 5.41) is 17.5. The van der Waals surface area contributed by atoms with Crippen LogP contribution in [0.15, 0.2) is 36.4 Å². The predicted molar refractivity (Wildman–Crippen MR) is 47.9 cm³/mol. The minimum atomic E-state index is -1.41. The third-order valence-electron chi connectivity index (χ3n) is 1.15. The molecule has 2 nitrogen and oxygen atoms in total. The normalized spacial score (nSPS) is 12.1. The van der Waals surface area contributed by atoms with E-state index in [1.165, 1.54) is 6.08 Å². The van der Waals surface area contributed by atoms with Gasteiger partial charge in [0.25, 0.3) is 0 Å². The Labute approximate surface area is 67.7 Å². The molecular weight excluding hydrogens is 139 g/mol. The highest BCUT2D eigenvalue weighted by atomic mass is 16.4. The summed E-state index contributed by atoms with van der Waals surface area (Å²) >= 11 is 0. The molecular formula is C8H13BO2. The van der Waals surface area contributed by atoms with Crippen molar-refractivity contribution in [3.05, 3.63) is 36.4 Å². The second-order valence-corrected chi connectivity index (χ2v) is 2.09. The van der Waals surface area contributed by atoms with Crippen molar-refractivity contribution in [2.75, 3.05) is 0 Å². The Balaban J connectivity index is 4.22. The molecule has 11 heavy (non-hydrogen) atoms. The van der Waals surface area contributed by atoms with Crippen LogP contribution in [0.5, 0.6) is 0 Å². The number of hydrogen-bond acceptors (Lipinski definition) is 2. The van der Waals surface area contributed by atoms with Gasteiger partial charge < -0.3 is 10.0 Å². The quantitative estimate of drug-likeness (QED) is 0.467. The van der Waals surface area contributed by atoms with E-state index in [1.807, 2.05) is 13.0 Å². The fourth-order valence-electron chi connectivity index (χ4n) is 0.618. The molecule has 0 aliphatic rings. The molecule has 0 aromatic carbocycles. The van der Waals surface area contributed by atoms with E-state index in [9.17, 15) is 0 Å². The van der Waals surface area contributed by atoms with Crippen molar-refractivity contribution in [2.24, 2.45) is 0 Å². The molecule has 0 aliphatic carbocycles. The zero-order valence-corrected chi connectivity index (χ0v) is 6.70. The summed E-state index contributed by atoms with van der Waals surface area (Å²) < 4.78 is 0. The van der Waals surface area contributed by atoms with E-state index in [0.717, 1.165) is 6.42 Å². The Kier molecular flexibility index (Phi) is 5.52. The molecule has 0 aliphatic heterocycles. The van der Waals surface area contributed by atoms with Gasteiger partial charge in [-0.2, -0.15) is 0 Å². The average Bonchev–Trinajstić information content (AvgIpc) is 1.97. The first kappa shape index (κ1) is 10.2. The van der Waals surface area contributed by atoms with Crippen LogP contribution in [0.4, 0.5) is 0 Å². The van der Waals surface area contributed by atoms with E-state index in [4.69, 9.17) is 10.0 Å². The van der Waals surface area contributed by atoms with Crippen LogP contribution < -0.4 is 0 Å². The van der Waals surface area contributed by atoms with Gasteiger partial charge in [-0.25, -0.2) is 0 Å². The lowest BCUT2D eigenvalue weighted by molar-refractivity contribution is 0.420. The minimum absolute atomic E-state index is 0.460. The fourth-order valence-corrected chi connectivity index (χ4v) is 0.618. The molecule has 0 radical (unpaired) electrons. The molecule has 3 heteroatoms. The summed E-state index contributed by atoms with van der Waals surface area (Å²) in [7, 11) is -1.41. The van der Waals surface area contributed by atoms with E-state index in [2.05, 4.69) is 6.58 Å². The Morgan fingerprint density at radius 3 is 2.55 bits per heavy atom. The average molecular weight is 152 g/mol. The molecule has 0 saturated heterocycles. The molecule has 0 atom stereocenters. The maximum Gasteiger partial charge on any atom is 0.488 e. The van der Waals surface area contributed by atoms with Crippen LogP contribution in [0.2, 0.25) is 0 Å². The lowest BCUT2D eigenvalue weighted by Crippen LogP contribution is -2.13. The van der Waals surface area contributed by atoms with Crippen LogP contribution >= 0.6 is 0 Å². The predicted octanol–water partition coefficient (Wildman–Crippen LogP) is 1.08. The highest BCUT2D eigenvalue weighted by Crippen LogP contribution is 1.99. The molecule has 2 N–H and O–H groups in total. The first-order valence-electron chi connectivity index (χ1n) is 3.57. The molecule has 0 aromatic rings. The minimum Gasteiger partial charge on any atom is -0.423 e. The van der Waals surface area contributed by atoms with Gasteiger partial charge in [0.15, 0.2) is 0 Å². The van der Waals surface area contributed by atoms with Crippen LogP contribution in [0, 0.1) is 0 Å². The second-order valence-electron chi connectivity index (χ2n) is 2.09. The zero-order valence-electron chi connectivity index (χ0n) is 6.70. The monoisotopic (exact) mass is 152 g/mol. The van der Waals surface area contributed by atoms with Crippen molar-refractivity contribution in [3.8, 4) is 0 Å². The molecule has 0 rings (SSSR count). The third kappa shape index (κ3) is 4.59. The molecule has 0 unspecified atom stereocenters. The fraction of sp³-hybridized carbons (Fsp3) is 0.250. The van der Waals surface area contributed by atoms with E-state index in [1.54, 1.807) is 12.2 Å². The molecule has 0 bridgehead atoms. The Morgan fingerprint density at radius 2 is 2.18 bits per heavy atom. The van der Waals surface area contributed by atoms with Crippen molar-refractivity contribution in [1.29, 1.82) is 0 Å². The smallest absolute Gasteiger partial charge is 0.423 e. The second kappa shape index (κ2) is 5.95. The van der Waals surface area contributed by atoms with Crippen LogP contribution in [-0.4, -0.2) is 17.2 Å². The molecule has 0 amide bonds. The maximum atomic E-state index is 8.76. The summed E-state index contributed by atoms with van der Waals surface area (Å²) in [6.07, 6.45) is 7.49. The molecule has 0 saturated carbocycles. The standard InChI is InChI=1S/C8H13BO2/c1-3-5-7-8(6-4-2)9(10)11/h4-7,10-11H,2-3H2,1H3/b7-5-,8-6+. The topological polar surface area (TPSA) is 40.5 Å². The summed E-state index contributed by atoms with van der Waals surface area (Å²) in [6.45, 7) is 5.44. The van der Waals surface area contributed by atoms with E-state index < -0.39 is 7.12 Å². The van der Waals surface area contributed by atoms with Crippen LogP contribution in [0.25, 0.3) is 0 Å². The summed E-state index contributed by atoms with van der Waals surface area (Å²) in [5.41, 5.74) is 0.460. The summed E-state index contributed by atoms with van der Waals surface area (Å²) in [4.78, 5) is 0. The van der Waals surface area contributed by atoms with E-state index >= 15 is 0 Å². The van der Waals surface area contributed by atoms with Crippen molar-refractivity contribution in [1.82, 2.24) is 0 Å². The number of hydrogen-bond donors (Lipinski definition) is 2. The van der Waals surface area contributed by atoms with Crippen molar-refractivity contribution >= 4 is 7.12 Å². The summed E-state index contributed by atoms with van der Waals surface area (Å²) in [5.74, 6) is 0. The van der Waals surface area contributed by atoms with Gasteiger partial charge in [0.1, 0.15) is 0 Å². The molecule has 0 fully saturated rings. The van der Waals surface area contributed by atoms with Gasteiger partial charge in [-0.3, -0.25) is 0 Å². The Hall–Kier alpha value is -0.795. The maximum absolute atomic E-state index is 8.76. The van der Waals surface area contributed by atoms with Crippen molar-refractivity contribution in [2.45, 2.75) is 13.3 Å². The van der Waals surface area contributed by atoms with Gasteiger partial charge in [0, 0.05) is 0 Å². The largest absolute Gasteiger partial charge is 0.488 e. The van der Waals surface area contributed by atoms with Gasteiger partial charge in [-0.05, 0) is 11.9 Å². The van der Waals surface area contributed by atoms with Gasteiger partial charge in [0.05, 0.1) is 0 Å². The lowest BCUT2D eigenvalue weighted by Gasteiger charge is -1.96. The van der Waals surface area contributed by atoms with Crippen LogP contribution in [-0.2, 0) is 0 Å². The van der Waals surface area contributed by atoms with Crippen molar-refractivity contribution in [3.63, 3.8) is 0 Å². The number of allylic oxidation sites excluding steroid dienone is 5. The molecule has 0 heterocycles. The SMILES string of the molecule is C=C/C=C(\C=C/CC)B(O)O. The van der Waals surface area contributed by atoms with Gasteiger partial charge in [0.2, 0.25) is 0 Å². The molecule has 60 valence electrons. The Bertz CT molecular complexity index is 171. The summed E-state index contributed by atoms with van der Waals surface area (Å²) in [6, 6.07) is 0. The Morgan fingerprint density at radius 1 is 1.55 bits per heavy atom. The van der Waals surface area contributed by atoms with Gasteiger partial charge >= 0.3 is 7.12 Å². The highest BCUT2D eigenvalue weighted by Gasteiger charge is 2.09. The zero-order chi connectivity index (χ0) is 8.69. The van der Waals surface area contributed by atoms with Gasteiger partial charge in [-0.1, -0.05) is 37.8 Å².